The van der Waals surface area contributed by atoms with Crippen LogP contribution in [0.2, 0.25) is 0 Å². The monoisotopic (exact) mass is 158 g/mol. The molecule has 0 aliphatic carbocycles. The highest BCUT2D eigenvalue weighted by atomic mass is 16.6. The lowest BCUT2D eigenvalue weighted by Gasteiger charge is -2.01. The van der Waals surface area contributed by atoms with Crippen LogP contribution in [0.1, 0.15) is 6.42 Å². The largest absolute Gasteiger partial charge is 0.448 e. The molecule has 60 valence electrons. The number of esters is 1. The van der Waals surface area contributed by atoms with Crippen LogP contribution < -0.4 is 0 Å². The molecular formula is C6H6O5. The molecule has 1 unspecified atom stereocenters. The van der Waals surface area contributed by atoms with Crippen molar-refractivity contribution in [3.63, 3.8) is 0 Å². The molecular weight excluding hydrogens is 152 g/mol. The number of carbonyl (C=O) groups excluding carboxylic acids is 3. The third-order valence-corrected chi connectivity index (χ3v) is 1.34. The van der Waals surface area contributed by atoms with Gasteiger partial charge in [-0.05, 0) is 0 Å². The Morgan fingerprint density at radius 2 is 2.00 bits per heavy atom. The molecule has 0 aromatic carbocycles. The van der Waals surface area contributed by atoms with Gasteiger partial charge in [0.05, 0.1) is 0 Å². The number of cyclic esters (lactones) is 1. The van der Waals surface area contributed by atoms with Gasteiger partial charge in [-0.3, -0.25) is 9.59 Å². The molecule has 0 aromatic heterocycles. The van der Waals surface area contributed by atoms with Crippen LogP contribution in [0, 0.1) is 0 Å². The summed E-state index contributed by atoms with van der Waals surface area (Å²) in [5, 5.41) is 8.36. The fourth-order valence-electron chi connectivity index (χ4n) is 0.790. The highest BCUT2D eigenvalue weighted by Crippen LogP contribution is 2.09. The third-order valence-electron chi connectivity index (χ3n) is 1.34. The highest BCUT2D eigenvalue weighted by molar-refractivity contribution is 6.65. The number of ketones is 2. The molecule has 0 spiro atoms. The summed E-state index contributed by atoms with van der Waals surface area (Å²) in [5.74, 6) is -3.10. The lowest BCUT2D eigenvalue weighted by molar-refractivity contribution is -0.149. The molecule has 1 aliphatic heterocycles. The van der Waals surface area contributed by atoms with E-state index in [-0.39, 0.29) is 13.0 Å². The van der Waals surface area contributed by atoms with E-state index in [2.05, 4.69) is 4.74 Å². The molecule has 1 atom stereocenters. The zero-order chi connectivity index (χ0) is 8.43. The number of ether oxygens (including phenoxy) is 1. The van der Waals surface area contributed by atoms with Crippen molar-refractivity contribution in [3.8, 4) is 0 Å². The predicted octanol–water partition coefficient (Wildman–Crippen LogP) is -1.57. The number of carbonyl (C=O) groups is 3. The molecule has 1 saturated heterocycles. The van der Waals surface area contributed by atoms with Crippen LogP contribution in [0.4, 0.5) is 0 Å². The van der Waals surface area contributed by atoms with Gasteiger partial charge in [-0.15, -0.1) is 0 Å². The van der Waals surface area contributed by atoms with E-state index in [1.807, 2.05) is 0 Å². The number of rotatable bonds is 2. The van der Waals surface area contributed by atoms with Crippen molar-refractivity contribution >= 4 is 17.5 Å². The molecule has 1 rings (SSSR count). The van der Waals surface area contributed by atoms with Crippen LogP contribution >= 0.6 is 0 Å². The van der Waals surface area contributed by atoms with Crippen LogP contribution in [0.3, 0.4) is 0 Å². The van der Waals surface area contributed by atoms with Gasteiger partial charge in [-0.25, -0.2) is 4.79 Å². The van der Waals surface area contributed by atoms with Gasteiger partial charge in [0.25, 0.3) is 5.78 Å². The lowest BCUT2D eigenvalue weighted by Crippen LogP contribution is -2.21. The zero-order valence-electron chi connectivity index (χ0n) is 5.57. The normalized spacial score (nSPS) is 24.1. The zero-order valence-corrected chi connectivity index (χ0v) is 5.57. The van der Waals surface area contributed by atoms with Crippen molar-refractivity contribution < 1.29 is 24.2 Å². The minimum Gasteiger partial charge on any atom is -0.448 e. The smallest absolute Gasteiger partial charge is 0.383 e. The van der Waals surface area contributed by atoms with E-state index in [1.165, 1.54) is 0 Å². The third kappa shape index (κ3) is 1.27. The first-order valence-corrected chi connectivity index (χ1v) is 3.07. The highest BCUT2D eigenvalue weighted by Gasteiger charge is 2.41. The van der Waals surface area contributed by atoms with E-state index in [4.69, 9.17) is 5.11 Å². The second-order valence-corrected chi connectivity index (χ2v) is 2.10. The number of Topliss-reactive ketones (excluding diaryl/α,β-unsaturated/α-hetero) is 2. The molecule has 0 saturated carbocycles. The summed E-state index contributed by atoms with van der Waals surface area (Å²) in [6, 6.07) is 0. The van der Waals surface area contributed by atoms with E-state index in [0.717, 1.165) is 0 Å². The van der Waals surface area contributed by atoms with Gasteiger partial charge in [0.2, 0.25) is 0 Å². The number of hydrogen-bond acceptors (Lipinski definition) is 5. The van der Waals surface area contributed by atoms with Crippen LogP contribution in [-0.2, 0) is 19.1 Å². The average molecular weight is 158 g/mol. The predicted molar refractivity (Wildman–Crippen MR) is 31.6 cm³/mol. The fourth-order valence-corrected chi connectivity index (χ4v) is 0.790. The minimum atomic E-state index is -1.12. The Morgan fingerprint density at radius 1 is 1.36 bits per heavy atom. The maximum absolute atomic E-state index is 10.7. The SMILES string of the molecule is O=C1OC(CCO)C(=O)C1=O. The maximum Gasteiger partial charge on any atom is 0.383 e. The first-order chi connectivity index (χ1) is 5.16. The molecule has 5 heteroatoms. The molecule has 11 heavy (non-hydrogen) atoms. The molecule has 0 aromatic rings. The average Bonchev–Trinajstić information content (AvgIpc) is 2.19. The first kappa shape index (κ1) is 7.87. The summed E-state index contributed by atoms with van der Waals surface area (Å²) in [4.78, 5) is 31.6. The Labute approximate surface area is 62.0 Å². The summed E-state index contributed by atoms with van der Waals surface area (Å²) in [6.45, 7) is -0.281. The fraction of sp³-hybridized carbons (Fsp3) is 0.500. The van der Waals surface area contributed by atoms with Gasteiger partial charge in [0.15, 0.2) is 6.10 Å². The summed E-state index contributed by atoms with van der Waals surface area (Å²) >= 11 is 0. The van der Waals surface area contributed by atoms with Crippen molar-refractivity contribution in [2.24, 2.45) is 0 Å². The Bertz CT molecular complexity index is 219. The standard InChI is InChI=1S/C6H6O5/c7-2-1-3-4(8)5(9)6(10)11-3/h3,7H,1-2H2. The summed E-state index contributed by atoms with van der Waals surface area (Å²) < 4.78 is 4.33. The topological polar surface area (TPSA) is 80.7 Å². The Morgan fingerprint density at radius 3 is 2.36 bits per heavy atom. The van der Waals surface area contributed by atoms with Crippen LogP contribution in [-0.4, -0.2) is 35.4 Å². The number of hydrogen-bond donors (Lipinski definition) is 1. The first-order valence-electron chi connectivity index (χ1n) is 3.07. The Kier molecular flexibility index (Phi) is 2.00. The van der Waals surface area contributed by atoms with Crippen molar-refractivity contribution in [1.29, 1.82) is 0 Å². The minimum absolute atomic E-state index is 0.00366. The van der Waals surface area contributed by atoms with E-state index < -0.39 is 23.6 Å². The molecule has 1 N–H and O–H groups in total. The quantitative estimate of drug-likeness (QED) is 0.388. The van der Waals surface area contributed by atoms with Gasteiger partial charge >= 0.3 is 11.8 Å². The Balaban J connectivity index is 2.67. The maximum atomic E-state index is 10.7. The molecule has 0 bridgehead atoms. The number of aliphatic hydroxyl groups excluding tert-OH is 1. The van der Waals surface area contributed by atoms with Crippen molar-refractivity contribution in [3.05, 3.63) is 0 Å². The van der Waals surface area contributed by atoms with E-state index in [1.54, 1.807) is 0 Å². The van der Waals surface area contributed by atoms with E-state index in [9.17, 15) is 14.4 Å². The van der Waals surface area contributed by atoms with Crippen molar-refractivity contribution in [2.45, 2.75) is 12.5 Å². The summed E-state index contributed by atoms with van der Waals surface area (Å²) in [7, 11) is 0. The summed E-state index contributed by atoms with van der Waals surface area (Å²) in [5.41, 5.74) is 0. The lowest BCUT2D eigenvalue weighted by atomic mass is 10.1. The molecule has 1 aliphatic rings. The summed E-state index contributed by atoms with van der Waals surface area (Å²) in [6.07, 6.45) is -1.06. The van der Waals surface area contributed by atoms with Crippen LogP contribution in [0.15, 0.2) is 0 Å². The van der Waals surface area contributed by atoms with Gasteiger partial charge in [-0.2, -0.15) is 0 Å². The van der Waals surface area contributed by atoms with Gasteiger partial charge in [0.1, 0.15) is 0 Å². The van der Waals surface area contributed by atoms with Crippen molar-refractivity contribution in [2.75, 3.05) is 6.61 Å². The molecule has 1 fully saturated rings. The van der Waals surface area contributed by atoms with Gasteiger partial charge in [-0.1, -0.05) is 0 Å². The van der Waals surface area contributed by atoms with E-state index >= 15 is 0 Å². The van der Waals surface area contributed by atoms with Crippen LogP contribution in [0.5, 0.6) is 0 Å². The second-order valence-electron chi connectivity index (χ2n) is 2.10. The van der Waals surface area contributed by atoms with Crippen LogP contribution in [0.25, 0.3) is 0 Å². The van der Waals surface area contributed by atoms with E-state index in [0.29, 0.717) is 0 Å². The van der Waals surface area contributed by atoms with Gasteiger partial charge < -0.3 is 9.84 Å². The van der Waals surface area contributed by atoms with Crippen molar-refractivity contribution in [1.82, 2.24) is 0 Å². The number of aliphatic hydroxyl groups is 1. The van der Waals surface area contributed by atoms with Gasteiger partial charge in [0, 0.05) is 13.0 Å². The molecule has 5 nitrogen and oxygen atoms in total. The Hall–Kier alpha value is -1.23. The second kappa shape index (κ2) is 2.79. The molecule has 1 heterocycles. The molecule has 0 radical (unpaired) electrons. The molecule has 0 amide bonds.